The molecule has 0 radical (unpaired) electrons. The molecule has 1 fully saturated rings. The Labute approximate surface area is 94.2 Å². The van der Waals surface area contributed by atoms with Gasteiger partial charge in [0.2, 0.25) is 0 Å². The van der Waals surface area contributed by atoms with E-state index in [1.54, 1.807) is 0 Å². The van der Waals surface area contributed by atoms with E-state index in [4.69, 9.17) is 28.9 Å². The molecule has 3 heteroatoms. The third kappa shape index (κ3) is 1.65. The fraction of sp³-hybridized carbons (Fsp3) is 0.455. The fourth-order valence-corrected chi connectivity index (χ4v) is 2.85. The summed E-state index contributed by atoms with van der Waals surface area (Å²) < 4.78 is 0. The molecule has 1 aliphatic rings. The van der Waals surface area contributed by atoms with Gasteiger partial charge in [0.15, 0.2) is 0 Å². The standard InChI is InChI=1S/C11H13Cl2N/c12-8-2-1-3-9(13)10(8)11(4-5-11)6-7-14/h1-3H,4-7,14H2. The van der Waals surface area contributed by atoms with E-state index in [9.17, 15) is 0 Å². The van der Waals surface area contributed by atoms with Crippen LogP contribution in [0.25, 0.3) is 0 Å². The lowest BCUT2D eigenvalue weighted by Gasteiger charge is -2.17. The molecule has 1 aliphatic carbocycles. The van der Waals surface area contributed by atoms with Crippen molar-refractivity contribution in [3.05, 3.63) is 33.8 Å². The van der Waals surface area contributed by atoms with Crippen LogP contribution in [0.1, 0.15) is 24.8 Å². The second-order valence-corrected chi connectivity index (χ2v) is 4.73. The van der Waals surface area contributed by atoms with Gasteiger partial charge in [-0.3, -0.25) is 0 Å². The molecule has 2 rings (SSSR count). The summed E-state index contributed by atoms with van der Waals surface area (Å²) in [7, 11) is 0. The Morgan fingerprint density at radius 3 is 2.21 bits per heavy atom. The molecule has 0 spiro atoms. The van der Waals surface area contributed by atoms with Gasteiger partial charge in [-0.15, -0.1) is 0 Å². The Morgan fingerprint density at radius 1 is 1.21 bits per heavy atom. The summed E-state index contributed by atoms with van der Waals surface area (Å²) in [5, 5.41) is 1.56. The van der Waals surface area contributed by atoms with Crippen molar-refractivity contribution in [3.8, 4) is 0 Å². The first-order valence-electron chi connectivity index (χ1n) is 4.84. The summed E-state index contributed by atoms with van der Waals surface area (Å²) in [6.45, 7) is 0.696. The molecule has 0 saturated heterocycles. The van der Waals surface area contributed by atoms with Crippen LogP contribution in [0.5, 0.6) is 0 Å². The van der Waals surface area contributed by atoms with Gasteiger partial charge >= 0.3 is 0 Å². The van der Waals surface area contributed by atoms with E-state index < -0.39 is 0 Å². The maximum atomic E-state index is 6.16. The first-order valence-corrected chi connectivity index (χ1v) is 5.60. The zero-order valence-corrected chi connectivity index (χ0v) is 9.41. The number of hydrogen-bond donors (Lipinski definition) is 1. The minimum absolute atomic E-state index is 0.185. The van der Waals surface area contributed by atoms with Crippen LogP contribution >= 0.6 is 23.2 Å². The molecular weight excluding hydrogens is 217 g/mol. The maximum absolute atomic E-state index is 6.16. The van der Waals surface area contributed by atoms with Crippen molar-refractivity contribution in [1.29, 1.82) is 0 Å². The first kappa shape index (κ1) is 10.3. The molecule has 0 bridgehead atoms. The van der Waals surface area contributed by atoms with Gasteiger partial charge in [-0.2, -0.15) is 0 Å². The lowest BCUT2D eigenvalue weighted by molar-refractivity contribution is 0.629. The van der Waals surface area contributed by atoms with Gasteiger partial charge in [0.1, 0.15) is 0 Å². The van der Waals surface area contributed by atoms with E-state index in [0.29, 0.717) is 6.54 Å². The predicted molar refractivity (Wildman–Crippen MR) is 61.0 cm³/mol. The zero-order valence-electron chi connectivity index (χ0n) is 7.89. The molecule has 0 heterocycles. The van der Waals surface area contributed by atoms with Crippen LogP contribution in [0.2, 0.25) is 10.0 Å². The van der Waals surface area contributed by atoms with Gasteiger partial charge in [-0.1, -0.05) is 29.3 Å². The number of hydrogen-bond acceptors (Lipinski definition) is 1. The van der Waals surface area contributed by atoms with Crippen molar-refractivity contribution in [2.75, 3.05) is 6.54 Å². The van der Waals surface area contributed by atoms with E-state index in [0.717, 1.165) is 34.9 Å². The molecule has 1 aromatic rings. The average molecular weight is 230 g/mol. The molecule has 1 aromatic carbocycles. The lowest BCUT2D eigenvalue weighted by atomic mass is 9.92. The van der Waals surface area contributed by atoms with Crippen LogP contribution in [0.4, 0.5) is 0 Å². The van der Waals surface area contributed by atoms with Crippen molar-refractivity contribution < 1.29 is 0 Å². The summed E-state index contributed by atoms with van der Waals surface area (Å²) in [5.74, 6) is 0. The molecule has 14 heavy (non-hydrogen) atoms. The quantitative estimate of drug-likeness (QED) is 0.846. The minimum Gasteiger partial charge on any atom is -0.330 e. The summed E-state index contributed by atoms with van der Waals surface area (Å²) in [6, 6.07) is 5.69. The Morgan fingerprint density at radius 2 is 1.79 bits per heavy atom. The van der Waals surface area contributed by atoms with Crippen LogP contribution in [0, 0.1) is 0 Å². The summed E-state index contributed by atoms with van der Waals surface area (Å²) in [6.07, 6.45) is 3.30. The molecule has 1 nitrogen and oxygen atoms in total. The molecular formula is C11H13Cl2N. The summed E-state index contributed by atoms with van der Waals surface area (Å²) in [4.78, 5) is 0. The summed E-state index contributed by atoms with van der Waals surface area (Å²) in [5.41, 5.74) is 6.90. The van der Waals surface area contributed by atoms with Crippen molar-refractivity contribution >= 4 is 23.2 Å². The predicted octanol–water partition coefficient (Wildman–Crippen LogP) is 3.37. The molecule has 2 N–H and O–H groups in total. The Balaban J connectivity index is 2.40. The van der Waals surface area contributed by atoms with Gasteiger partial charge in [0.25, 0.3) is 0 Å². The van der Waals surface area contributed by atoms with E-state index >= 15 is 0 Å². The number of halogens is 2. The number of nitrogens with two attached hydrogens (primary N) is 1. The molecule has 1 saturated carbocycles. The molecule has 0 aromatic heterocycles. The zero-order chi connectivity index (χ0) is 10.2. The van der Waals surface area contributed by atoms with Gasteiger partial charge in [-0.05, 0) is 48.9 Å². The number of rotatable bonds is 3. The van der Waals surface area contributed by atoms with Gasteiger partial charge in [0, 0.05) is 10.0 Å². The monoisotopic (exact) mass is 229 g/mol. The van der Waals surface area contributed by atoms with E-state index in [-0.39, 0.29) is 5.41 Å². The van der Waals surface area contributed by atoms with Crippen LogP contribution in [0.3, 0.4) is 0 Å². The SMILES string of the molecule is NCCC1(c2c(Cl)cccc2Cl)CC1. The van der Waals surface area contributed by atoms with Crippen LogP contribution in [-0.2, 0) is 5.41 Å². The van der Waals surface area contributed by atoms with E-state index in [1.165, 1.54) is 0 Å². The van der Waals surface area contributed by atoms with Crippen molar-refractivity contribution in [2.45, 2.75) is 24.7 Å². The fourth-order valence-electron chi connectivity index (χ4n) is 2.06. The highest BCUT2D eigenvalue weighted by atomic mass is 35.5. The Hall–Kier alpha value is -0.240. The smallest absolute Gasteiger partial charge is 0.0458 e. The molecule has 0 amide bonds. The third-order valence-corrected chi connectivity index (χ3v) is 3.60. The largest absolute Gasteiger partial charge is 0.330 e. The second-order valence-electron chi connectivity index (χ2n) is 3.92. The van der Waals surface area contributed by atoms with Gasteiger partial charge in [-0.25, -0.2) is 0 Å². The lowest BCUT2D eigenvalue weighted by Crippen LogP contribution is -2.14. The highest BCUT2D eigenvalue weighted by Gasteiger charge is 2.45. The maximum Gasteiger partial charge on any atom is 0.0458 e. The molecule has 0 atom stereocenters. The third-order valence-electron chi connectivity index (χ3n) is 2.97. The topological polar surface area (TPSA) is 26.0 Å². The highest BCUT2D eigenvalue weighted by Crippen LogP contribution is 2.54. The normalized spacial score (nSPS) is 18.2. The Kier molecular flexibility index (Phi) is 2.74. The van der Waals surface area contributed by atoms with Crippen molar-refractivity contribution in [3.63, 3.8) is 0 Å². The first-order chi connectivity index (χ1) is 6.69. The van der Waals surface area contributed by atoms with Crippen molar-refractivity contribution in [1.82, 2.24) is 0 Å². The summed E-state index contributed by atoms with van der Waals surface area (Å²) >= 11 is 12.3. The molecule has 0 aliphatic heterocycles. The number of benzene rings is 1. The van der Waals surface area contributed by atoms with Gasteiger partial charge < -0.3 is 5.73 Å². The van der Waals surface area contributed by atoms with E-state index in [2.05, 4.69) is 0 Å². The highest BCUT2D eigenvalue weighted by molar-refractivity contribution is 6.36. The molecule has 0 unspecified atom stereocenters. The van der Waals surface area contributed by atoms with E-state index in [1.807, 2.05) is 18.2 Å². The van der Waals surface area contributed by atoms with Gasteiger partial charge in [0.05, 0.1) is 0 Å². The van der Waals surface area contributed by atoms with Crippen LogP contribution in [-0.4, -0.2) is 6.54 Å². The minimum atomic E-state index is 0.185. The average Bonchev–Trinajstić information content (AvgIpc) is 2.86. The molecule has 76 valence electrons. The van der Waals surface area contributed by atoms with Crippen molar-refractivity contribution in [2.24, 2.45) is 5.73 Å². The van der Waals surface area contributed by atoms with Crippen LogP contribution < -0.4 is 5.73 Å². The second kappa shape index (κ2) is 3.73. The Bertz CT molecular complexity index is 325. The van der Waals surface area contributed by atoms with Crippen LogP contribution in [0.15, 0.2) is 18.2 Å².